The van der Waals surface area contributed by atoms with Crippen LogP contribution in [0.5, 0.6) is 5.75 Å². The van der Waals surface area contributed by atoms with E-state index in [0.717, 1.165) is 44.8 Å². The molecule has 1 atom stereocenters. The molecule has 0 bridgehead atoms. The number of urea groups is 1. The number of nitrogens with zero attached hydrogens (tertiary/aromatic N) is 2. The molecule has 0 radical (unpaired) electrons. The van der Waals surface area contributed by atoms with Gasteiger partial charge in [0.2, 0.25) is 0 Å². The topological polar surface area (TPSA) is 32.8 Å². The smallest absolute Gasteiger partial charge is 0.319 e. The van der Waals surface area contributed by atoms with Crippen LogP contribution in [0.3, 0.4) is 0 Å². The molecule has 0 saturated carbocycles. The van der Waals surface area contributed by atoms with Crippen molar-refractivity contribution >= 4 is 17.6 Å². The summed E-state index contributed by atoms with van der Waals surface area (Å²) in [6.45, 7) is 7.84. The highest BCUT2D eigenvalue weighted by molar-refractivity contribution is 6.30. The number of hydrogen-bond acceptors (Lipinski definition) is 2. The fourth-order valence-electron chi connectivity index (χ4n) is 2.81. The Kier molecular flexibility index (Phi) is 6.37. The van der Waals surface area contributed by atoms with E-state index < -0.39 is 0 Å². The molecule has 2 amide bonds. The largest absolute Gasteiger partial charge is 0.493 e. The van der Waals surface area contributed by atoms with Crippen LogP contribution in [-0.2, 0) is 0 Å². The zero-order chi connectivity index (χ0) is 15.9. The van der Waals surface area contributed by atoms with E-state index in [4.69, 9.17) is 16.3 Å². The second-order valence-corrected chi connectivity index (χ2v) is 6.11. The Hall–Kier alpha value is -1.42. The van der Waals surface area contributed by atoms with Crippen LogP contribution in [0.25, 0.3) is 0 Å². The number of piperidine rings is 1. The van der Waals surface area contributed by atoms with Crippen molar-refractivity contribution in [2.45, 2.75) is 26.7 Å². The highest BCUT2D eigenvalue weighted by atomic mass is 35.5. The molecule has 5 heteroatoms. The molecule has 1 heterocycles. The Balaban J connectivity index is 1.85. The van der Waals surface area contributed by atoms with Gasteiger partial charge in [0.25, 0.3) is 0 Å². The first-order valence-corrected chi connectivity index (χ1v) is 8.44. The monoisotopic (exact) mass is 324 g/mol. The maximum absolute atomic E-state index is 12.4. The molecule has 0 aromatic heterocycles. The molecule has 1 fully saturated rings. The van der Waals surface area contributed by atoms with E-state index in [0.29, 0.717) is 17.5 Å². The van der Waals surface area contributed by atoms with Crippen molar-refractivity contribution in [2.24, 2.45) is 5.92 Å². The minimum absolute atomic E-state index is 0.154. The predicted octanol–water partition coefficient (Wildman–Crippen LogP) is 3.89. The first kappa shape index (κ1) is 16.9. The third-order valence-electron chi connectivity index (χ3n) is 4.12. The third-order valence-corrected chi connectivity index (χ3v) is 4.37. The van der Waals surface area contributed by atoms with Crippen molar-refractivity contribution in [2.75, 3.05) is 32.8 Å². The standard InChI is InChI=1S/C17H25ClN2O2/c1-3-19(4-2)17(21)20-11-5-6-14(12-20)13-22-16-9-7-15(18)8-10-16/h7-10,14H,3-6,11-13H2,1-2H3. The number of carbonyl (C=O) groups excluding carboxylic acids is 1. The summed E-state index contributed by atoms with van der Waals surface area (Å²) in [5.41, 5.74) is 0. The second kappa shape index (κ2) is 8.28. The Morgan fingerprint density at radius 3 is 2.64 bits per heavy atom. The Labute approximate surface area is 138 Å². The van der Waals surface area contributed by atoms with Crippen molar-refractivity contribution in [3.63, 3.8) is 0 Å². The van der Waals surface area contributed by atoms with Gasteiger partial charge >= 0.3 is 6.03 Å². The van der Waals surface area contributed by atoms with Gasteiger partial charge in [-0.05, 0) is 51.0 Å². The second-order valence-electron chi connectivity index (χ2n) is 5.67. The van der Waals surface area contributed by atoms with E-state index in [1.165, 1.54) is 0 Å². The number of rotatable bonds is 5. The normalized spacial score (nSPS) is 18.1. The van der Waals surface area contributed by atoms with E-state index in [9.17, 15) is 4.79 Å². The van der Waals surface area contributed by atoms with E-state index >= 15 is 0 Å². The van der Waals surface area contributed by atoms with Gasteiger partial charge in [0.15, 0.2) is 0 Å². The minimum atomic E-state index is 0.154. The quantitative estimate of drug-likeness (QED) is 0.823. The first-order valence-electron chi connectivity index (χ1n) is 8.06. The summed E-state index contributed by atoms with van der Waals surface area (Å²) in [6.07, 6.45) is 2.15. The first-order chi connectivity index (χ1) is 10.6. The maximum Gasteiger partial charge on any atom is 0.319 e. The van der Waals surface area contributed by atoms with Crippen LogP contribution in [0.15, 0.2) is 24.3 Å². The molecule has 1 saturated heterocycles. The van der Waals surface area contributed by atoms with E-state index in [1.54, 1.807) is 0 Å². The van der Waals surface area contributed by atoms with Gasteiger partial charge in [-0.1, -0.05) is 11.6 Å². The summed E-state index contributed by atoms with van der Waals surface area (Å²) in [5, 5.41) is 0.709. The van der Waals surface area contributed by atoms with E-state index in [2.05, 4.69) is 0 Å². The van der Waals surface area contributed by atoms with Crippen molar-refractivity contribution in [3.8, 4) is 5.75 Å². The Morgan fingerprint density at radius 1 is 1.32 bits per heavy atom. The van der Waals surface area contributed by atoms with Gasteiger partial charge in [-0.2, -0.15) is 0 Å². The SMILES string of the molecule is CCN(CC)C(=O)N1CCCC(COc2ccc(Cl)cc2)C1. The summed E-state index contributed by atoms with van der Waals surface area (Å²) in [6, 6.07) is 7.57. The average molecular weight is 325 g/mol. The molecule has 1 aliphatic heterocycles. The Bertz CT molecular complexity index is 474. The van der Waals surface area contributed by atoms with Gasteiger partial charge in [-0.25, -0.2) is 4.79 Å². The molecule has 0 aliphatic carbocycles. The summed E-state index contributed by atoms with van der Waals surface area (Å²) >= 11 is 5.87. The fourth-order valence-corrected chi connectivity index (χ4v) is 2.94. The van der Waals surface area contributed by atoms with Crippen LogP contribution < -0.4 is 4.74 Å². The van der Waals surface area contributed by atoms with Gasteiger partial charge in [0, 0.05) is 37.1 Å². The fraction of sp³-hybridized carbons (Fsp3) is 0.588. The van der Waals surface area contributed by atoms with E-state index in [-0.39, 0.29) is 6.03 Å². The summed E-state index contributed by atoms with van der Waals surface area (Å²) in [4.78, 5) is 16.3. The van der Waals surface area contributed by atoms with Crippen LogP contribution in [0.2, 0.25) is 5.02 Å². The molecule has 0 N–H and O–H groups in total. The number of hydrogen-bond donors (Lipinski definition) is 0. The highest BCUT2D eigenvalue weighted by Crippen LogP contribution is 2.21. The molecule has 0 spiro atoms. The number of ether oxygens (including phenoxy) is 1. The minimum Gasteiger partial charge on any atom is -0.493 e. The molecule has 1 aromatic rings. The lowest BCUT2D eigenvalue weighted by molar-refractivity contribution is 0.114. The molecule has 4 nitrogen and oxygen atoms in total. The molecule has 122 valence electrons. The predicted molar refractivity (Wildman–Crippen MR) is 89.6 cm³/mol. The number of likely N-dealkylation sites (tertiary alicyclic amines) is 1. The molecule has 1 aliphatic rings. The van der Waals surface area contributed by atoms with Crippen molar-refractivity contribution in [3.05, 3.63) is 29.3 Å². The third kappa shape index (κ3) is 4.54. The van der Waals surface area contributed by atoms with Crippen molar-refractivity contribution < 1.29 is 9.53 Å². The number of carbonyl (C=O) groups is 1. The van der Waals surface area contributed by atoms with Crippen LogP contribution in [-0.4, -0.2) is 48.6 Å². The maximum atomic E-state index is 12.4. The molecule has 2 rings (SSSR count). The lowest BCUT2D eigenvalue weighted by atomic mass is 9.99. The summed E-state index contributed by atoms with van der Waals surface area (Å²) < 4.78 is 5.83. The summed E-state index contributed by atoms with van der Waals surface area (Å²) in [7, 11) is 0. The van der Waals surface area contributed by atoms with Crippen LogP contribution in [0.1, 0.15) is 26.7 Å². The van der Waals surface area contributed by atoms with Crippen molar-refractivity contribution in [1.82, 2.24) is 9.80 Å². The number of amides is 2. The van der Waals surface area contributed by atoms with Gasteiger partial charge in [0.05, 0.1) is 6.61 Å². The van der Waals surface area contributed by atoms with Crippen LogP contribution in [0.4, 0.5) is 4.79 Å². The zero-order valence-electron chi connectivity index (χ0n) is 13.4. The highest BCUT2D eigenvalue weighted by Gasteiger charge is 2.26. The zero-order valence-corrected chi connectivity index (χ0v) is 14.2. The molecular weight excluding hydrogens is 300 g/mol. The van der Waals surface area contributed by atoms with Crippen molar-refractivity contribution in [1.29, 1.82) is 0 Å². The molecule has 1 aromatic carbocycles. The Morgan fingerprint density at radius 2 is 2.00 bits per heavy atom. The van der Waals surface area contributed by atoms with Gasteiger partial charge in [0.1, 0.15) is 5.75 Å². The van der Waals surface area contributed by atoms with Gasteiger partial charge < -0.3 is 14.5 Å². The number of benzene rings is 1. The summed E-state index contributed by atoms with van der Waals surface area (Å²) in [5.74, 6) is 1.22. The lowest BCUT2D eigenvalue weighted by Gasteiger charge is -2.35. The number of halogens is 1. The molecular formula is C17H25ClN2O2. The molecule has 1 unspecified atom stereocenters. The van der Waals surface area contributed by atoms with E-state index in [1.807, 2.05) is 47.9 Å². The van der Waals surface area contributed by atoms with Crippen LogP contribution in [0, 0.1) is 5.92 Å². The van der Waals surface area contributed by atoms with Crippen LogP contribution >= 0.6 is 11.6 Å². The van der Waals surface area contributed by atoms with Gasteiger partial charge in [-0.15, -0.1) is 0 Å². The average Bonchev–Trinajstić information content (AvgIpc) is 2.55. The van der Waals surface area contributed by atoms with Gasteiger partial charge in [-0.3, -0.25) is 0 Å². The molecule has 22 heavy (non-hydrogen) atoms. The lowest BCUT2D eigenvalue weighted by Crippen LogP contribution is -2.48.